The van der Waals surface area contributed by atoms with Crippen molar-refractivity contribution in [2.24, 2.45) is 0 Å². The number of unbranched alkanes of at least 4 members (excludes halogenated alkanes) is 13. The van der Waals surface area contributed by atoms with Crippen LogP contribution in [0.4, 0.5) is 0 Å². The van der Waals surface area contributed by atoms with Crippen molar-refractivity contribution in [2.75, 3.05) is 19.7 Å². The zero-order valence-corrected chi connectivity index (χ0v) is 19.1. The van der Waals surface area contributed by atoms with Crippen LogP contribution in [0.25, 0.3) is 0 Å². The minimum atomic E-state index is -4.29. The first-order valence-corrected chi connectivity index (χ1v) is 13.1. The minimum absolute atomic E-state index is 0.125. The predicted molar refractivity (Wildman–Crippen MR) is 120 cm³/mol. The summed E-state index contributed by atoms with van der Waals surface area (Å²) < 4.78 is 14.9. The fraction of sp³-hybridized carbons (Fsp3) is 0.909. The molecule has 168 valence electrons. The molecule has 3 N–H and O–H groups in total. The normalized spacial score (nSPS) is 12.2. The van der Waals surface area contributed by atoms with E-state index >= 15 is 0 Å². The molecule has 0 fully saturated rings. The Morgan fingerprint density at radius 3 is 1.71 bits per heavy atom. The number of nitrogens with one attached hydrogen (secondary N) is 1. The van der Waals surface area contributed by atoms with Gasteiger partial charge < -0.3 is 15.1 Å². The van der Waals surface area contributed by atoms with Gasteiger partial charge in [-0.3, -0.25) is 4.52 Å². The molecule has 6 heteroatoms. The van der Waals surface area contributed by atoms with E-state index in [2.05, 4.69) is 28.9 Å². The van der Waals surface area contributed by atoms with Gasteiger partial charge in [-0.15, -0.1) is 0 Å². The number of hydrogen-bond acceptors (Lipinski definition) is 3. The van der Waals surface area contributed by atoms with E-state index < -0.39 is 7.82 Å². The van der Waals surface area contributed by atoms with E-state index in [1.807, 2.05) is 0 Å². The summed E-state index contributed by atoms with van der Waals surface area (Å²) in [6.45, 7) is 4.31. The Bertz CT molecular complexity index is 385. The number of allylic oxidation sites excluding steroid dienone is 2. The Morgan fingerprint density at radius 2 is 1.18 bits per heavy atom. The maximum absolute atomic E-state index is 10.5. The van der Waals surface area contributed by atoms with Gasteiger partial charge in [0.25, 0.3) is 0 Å². The fourth-order valence-electron chi connectivity index (χ4n) is 3.16. The fourth-order valence-corrected chi connectivity index (χ4v) is 3.52. The van der Waals surface area contributed by atoms with Crippen LogP contribution < -0.4 is 5.32 Å². The van der Waals surface area contributed by atoms with Crippen molar-refractivity contribution in [3.8, 4) is 0 Å². The molecular weight excluding hydrogens is 373 g/mol. The molecule has 0 radical (unpaired) electrons. The summed E-state index contributed by atoms with van der Waals surface area (Å²) in [5.74, 6) is 0. The first-order chi connectivity index (χ1) is 13.6. The van der Waals surface area contributed by atoms with Crippen LogP contribution in [0.5, 0.6) is 0 Å². The van der Waals surface area contributed by atoms with Gasteiger partial charge in [0.15, 0.2) is 0 Å². The summed E-state index contributed by atoms with van der Waals surface area (Å²) >= 11 is 0. The zero-order valence-electron chi connectivity index (χ0n) is 18.2. The molecule has 0 aromatic carbocycles. The summed E-state index contributed by atoms with van der Waals surface area (Å²) in [7, 11) is -4.29. The summed E-state index contributed by atoms with van der Waals surface area (Å²) in [6, 6.07) is 0. The Balaban J connectivity index is 3.10. The van der Waals surface area contributed by atoms with Crippen LogP contribution in [0.2, 0.25) is 0 Å². The molecule has 0 aromatic rings. The molecule has 0 aliphatic rings. The van der Waals surface area contributed by atoms with Gasteiger partial charge in [-0.2, -0.15) is 0 Å². The van der Waals surface area contributed by atoms with Gasteiger partial charge in [-0.05, 0) is 58.0 Å². The Hall–Kier alpha value is -0.190. The molecule has 0 rings (SSSR count). The molecule has 0 spiro atoms. The highest BCUT2D eigenvalue weighted by Crippen LogP contribution is 2.35. The van der Waals surface area contributed by atoms with Crippen molar-refractivity contribution in [2.45, 2.75) is 110 Å². The molecule has 0 atom stereocenters. The summed E-state index contributed by atoms with van der Waals surface area (Å²) in [4.78, 5) is 17.1. The van der Waals surface area contributed by atoms with Crippen LogP contribution >= 0.6 is 7.82 Å². The van der Waals surface area contributed by atoms with Gasteiger partial charge in [0, 0.05) is 0 Å². The summed E-state index contributed by atoms with van der Waals surface area (Å²) in [6.07, 6.45) is 24.9. The SMILES string of the molecule is CCCCCCCCC=CCCCCCCCCNCCCCOP(=O)(O)O. The average Bonchev–Trinajstić information content (AvgIpc) is 2.65. The molecule has 0 bridgehead atoms. The lowest BCUT2D eigenvalue weighted by Gasteiger charge is -2.06. The van der Waals surface area contributed by atoms with Crippen LogP contribution in [-0.4, -0.2) is 29.5 Å². The van der Waals surface area contributed by atoms with Crippen LogP contribution in [0, 0.1) is 0 Å². The van der Waals surface area contributed by atoms with Crippen molar-refractivity contribution in [1.29, 1.82) is 0 Å². The van der Waals surface area contributed by atoms with E-state index in [4.69, 9.17) is 9.79 Å². The van der Waals surface area contributed by atoms with Gasteiger partial charge in [-0.25, -0.2) is 4.57 Å². The quantitative estimate of drug-likeness (QED) is 0.106. The standard InChI is InChI=1S/C22H46NO4P/c1-2-3-4-5-6-7-8-9-10-11-12-13-14-15-16-17-20-23-21-18-19-22-27-28(24,25)26/h9-10,23H,2-8,11-22H2,1H3,(H2,24,25,26). The third-order valence-electron chi connectivity index (χ3n) is 4.87. The van der Waals surface area contributed by atoms with Crippen LogP contribution in [0.15, 0.2) is 12.2 Å². The maximum Gasteiger partial charge on any atom is 0.469 e. The van der Waals surface area contributed by atoms with Crippen molar-refractivity contribution >= 4 is 7.82 Å². The lowest BCUT2D eigenvalue weighted by Crippen LogP contribution is -2.17. The molecule has 0 aliphatic heterocycles. The van der Waals surface area contributed by atoms with Crippen LogP contribution in [0.3, 0.4) is 0 Å². The van der Waals surface area contributed by atoms with Gasteiger partial charge in [0.05, 0.1) is 6.61 Å². The van der Waals surface area contributed by atoms with E-state index in [1.54, 1.807) is 0 Å². The number of phosphoric acid groups is 1. The summed E-state index contributed by atoms with van der Waals surface area (Å²) in [5, 5.41) is 3.37. The monoisotopic (exact) mass is 419 g/mol. The minimum Gasteiger partial charge on any atom is -0.317 e. The van der Waals surface area contributed by atoms with E-state index in [0.29, 0.717) is 6.42 Å². The highest BCUT2D eigenvalue weighted by atomic mass is 31.2. The molecular formula is C22H46NO4P. The molecule has 0 aromatic heterocycles. The zero-order chi connectivity index (χ0) is 20.8. The van der Waals surface area contributed by atoms with E-state index in [9.17, 15) is 4.57 Å². The molecule has 0 amide bonds. The predicted octanol–water partition coefficient (Wildman–Crippen LogP) is 6.50. The highest BCUT2D eigenvalue weighted by Gasteiger charge is 2.12. The molecule has 0 aliphatic carbocycles. The lowest BCUT2D eigenvalue weighted by molar-refractivity contribution is 0.193. The third-order valence-corrected chi connectivity index (χ3v) is 5.39. The summed E-state index contributed by atoms with van der Waals surface area (Å²) in [5.41, 5.74) is 0. The Morgan fingerprint density at radius 1 is 0.714 bits per heavy atom. The lowest BCUT2D eigenvalue weighted by atomic mass is 10.1. The van der Waals surface area contributed by atoms with E-state index in [1.165, 1.54) is 89.9 Å². The number of rotatable bonds is 22. The molecule has 0 saturated carbocycles. The topological polar surface area (TPSA) is 78.8 Å². The molecule has 0 saturated heterocycles. The Kier molecular flexibility index (Phi) is 21.4. The second-order valence-electron chi connectivity index (χ2n) is 7.72. The molecule has 28 heavy (non-hydrogen) atoms. The van der Waals surface area contributed by atoms with Crippen molar-refractivity contribution in [3.05, 3.63) is 12.2 Å². The number of phosphoric ester groups is 1. The van der Waals surface area contributed by atoms with Crippen molar-refractivity contribution in [3.63, 3.8) is 0 Å². The molecule has 5 nitrogen and oxygen atoms in total. The maximum atomic E-state index is 10.5. The largest absolute Gasteiger partial charge is 0.469 e. The van der Waals surface area contributed by atoms with Crippen molar-refractivity contribution in [1.82, 2.24) is 5.32 Å². The molecule has 0 heterocycles. The van der Waals surface area contributed by atoms with Crippen LogP contribution in [0.1, 0.15) is 110 Å². The third kappa shape index (κ3) is 25.8. The second-order valence-corrected chi connectivity index (χ2v) is 8.96. The second kappa shape index (κ2) is 21.5. The Labute approximate surface area is 174 Å². The van der Waals surface area contributed by atoms with E-state index in [0.717, 1.165) is 19.5 Å². The first kappa shape index (κ1) is 27.8. The highest BCUT2D eigenvalue weighted by molar-refractivity contribution is 7.46. The van der Waals surface area contributed by atoms with Crippen LogP contribution in [-0.2, 0) is 9.09 Å². The first-order valence-electron chi connectivity index (χ1n) is 11.6. The van der Waals surface area contributed by atoms with Crippen molar-refractivity contribution < 1.29 is 18.9 Å². The van der Waals surface area contributed by atoms with Gasteiger partial charge in [0.2, 0.25) is 0 Å². The smallest absolute Gasteiger partial charge is 0.317 e. The average molecular weight is 420 g/mol. The number of hydrogen-bond donors (Lipinski definition) is 3. The van der Waals surface area contributed by atoms with Gasteiger partial charge >= 0.3 is 7.82 Å². The van der Waals surface area contributed by atoms with E-state index in [-0.39, 0.29) is 6.61 Å². The molecule has 0 unspecified atom stereocenters. The van der Waals surface area contributed by atoms with Gasteiger partial charge in [-0.1, -0.05) is 76.9 Å². The van der Waals surface area contributed by atoms with Gasteiger partial charge in [0.1, 0.15) is 0 Å².